The fraction of sp³-hybridized carbons (Fsp3) is 0.926. The number of likely N-dealkylation sites (N-methyl/N-ethyl adjacent to an activating group) is 1. The molecule has 0 atom stereocenters. The van der Waals surface area contributed by atoms with E-state index >= 15 is 0 Å². The van der Waals surface area contributed by atoms with Crippen molar-refractivity contribution in [2.75, 3.05) is 67.6 Å². The molecule has 0 saturated heterocycles. The first kappa shape index (κ1) is 29.6. The van der Waals surface area contributed by atoms with Crippen molar-refractivity contribution in [1.29, 1.82) is 0 Å². The second-order valence-corrected chi connectivity index (χ2v) is 10.7. The summed E-state index contributed by atoms with van der Waals surface area (Å²) in [5.74, 6) is 0. The predicted octanol–water partition coefficient (Wildman–Crippen LogP) is 6.82. The third-order valence-electron chi connectivity index (χ3n) is 6.47. The van der Waals surface area contributed by atoms with Crippen molar-refractivity contribution < 1.29 is 13.7 Å². The molecule has 0 aromatic carbocycles. The van der Waals surface area contributed by atoms with E-state index in [-0.39, 0.29) is 0 Å². The van der Waals surface area contributed by atoms with Gasteiger partial charge in [-0.05, 0) is 38.5 Å². The van der Waals surface area contributed by atoms with Crippen LogP contribution in [-0.2, 0) is 4.74 Å². The molecule has 0 unspecified atom stereocenters. The topological polar surface area (TPSA) is 9.23 Å². The quantitative estimate of drug-likeness (QED) is 0.0989. The normalized spacial score (nSPS) is 12.4. The SMILES string of the molecule is C=CCOCC[N+](C)(C)CCCCCC[N+](C)(C)CCCCCCCCCCCC. The van der Waals surface area contributed by atoms with Gasteiger partial charge >= 0.3 is 0 Å². The molecule has 0 rings (SSSR count). The number of ether oxygens (including phenoxy) is 1. The van der Waals surface area contributed by atoms with Crippen LogP contribution in [0.5, 0.6) is 0 Å². The molecule has 0 amide bonds. The summed E-state index contributed by atoms with van der Waals surface area (Å²) in [6.07, 6.45) is 21.6. The van der Waals surface area contributed by atoms with Crippen LogP contribution in [0.4, 0.5) is 0 Å². The van der Waals surface area contributed by atoms with Crippen molar-refractivity contribution in [2.45, 2.75) is 96.8 Å². The monoisotopic (exact) mass is 426 g/mol. The van der Waals surface area contributed by atoms with E-state index in [1.54, 1.807) is 0 Å². The molecule has 30 heavy (non-hydrogen) atoms. The molecule has 0 fully saturated rings. The Bertz CT molecular complexity index is 379. The Kier molecular flexibility index (Phi) is 19.1. The van der Waals surface area contributed by atoms with Gasteiger partial charge in [0.1, 0.15) is 6.54 Å². The molecule has 0 radical (unpaired) electrons. The highest BCUT2D eigenvalue weighted by atomic mass is 16.5. The van der Waals surface area contributed by atoms with E-state index in [0.29, 0.717) is 6.61 Å². The molecule has 0 aliphatic rings. The van der Waals surface area contributed by atoms with Gasteiger partial charge in [-0.25, -0.2) is 0 Å². The molecule has 0 saturated carbocycles. The maximum Gasteiger partial charge on any atom is 0.102 e. The van der Waals surface area contributed by atoms with E-state index in [1.807, 2.05) is 6.08 Å². The second-order valence-electron chi connectivity index (χ2n) is 10.7. The van der Waals surface area contributed by atoms with Crippen LogP contribution in [0, 0.1) is 0 Å². The molecule has 0 spiro atoms. The zero-order chi connectivity index (χ0) is 22.6. The lowest BCUT2D eigenvalue weighted by Gasteiger charge is -2.30. The summed E-state index contributed by atoms with van der Waals surface area (Å²) in [4.78, 5) is 0. The summed E-state index contributed by atoms with van der Waals surface area (Å²) in [5, 5.41) is 0. The van der Waals surface area contributed by atoms with E-state index in [1.165, 1.54) is 114 Å². The van der Waals surface area contributed by atoms with Gasteiger partial charge < -0.3 is 13.7 Å². The van der Waals surface area contributed by atoms with Crippen molar-refractivity contribution in [1.82, 2.24) is 0 Å². The fourth-order valence-corrected chi connectivity index (χ4v) is 4.16. The Balaban J connectivity index is 3.54. The number of hydrogen-bond acceptors (Lipinski definition) is 1. The molecule has 180 valence electrons. The van der Waals surface area contributed by atoms with Gasteiger partial charge in [0, 0.05) is 0 Å². The van der Waals surface area contributed by atoms with E-state index in [0.717, 1.165) is 17.6 Å². The molecule has 0 heterocycles. The zero-order valence-corrected chi connectivity index (χ0v) is 21.7. The van der Waals surface area contributed by atoms with Crippen LogP contribution in [0.1, 0.15) is 96.8 Å². The summed E-state index contributed by atoms with van der Waals surface area (Å²) in [6.45, 7) is 12.6. The van der Waals surface area contributed by atoms with E-state index in [9.17, 15) is 0 Å². The van der Waals surface area contributed by atoms with Gasteiger partial charge in [-0.1, -0.05) is 64.4 Å². The van der Waals surface area contributed by atoms with Gasteiger partial charge in [0.15, 0.2) is 0 Å². The number of unbranched alkanes of at least 4 members (excludes halogenated alkanes) is 12. The highest BCUT2D eigenvalue weighted by molar-refractivity contribution is 4.63. The third-order valence-corrected chi connectivity index (χ3v) is 6.47. The van der Waals surface area contributed by atoms with Crippen LogP contribution in [-0.4, -0.2) is 76.5 Å². The molecule has 0 aliphatic carbocycles. The van der Waals surface area contributed by atoms with Crippen LogP contribution in [0.3, 0.4) is 0 Å². The van der Waals surface area contributed by atoms with Crippen molar-refractivity contribution in [3.8, 4) is 0 Å². The van der Waals surface area contributed by atoms with Gasteiger partial charge in [0.25, 0.3) is 0 Å². The molecular weight excluding hydrogens is 368 g/mol. The lowest BCUT2D eigenvalue weighted by atomic mass is 10.1. The van der Waals surface area contributed by atoms with Gasteiger partial charge in [-0.2, -0.15) is 0 Å². The lowest BCUT2D eigenvalue weighted by molar-refractivity contribution is -0.891. The van der Waals surface area contributed by atoms with E-state index in [2.05, 4.69) is 41.7 Å². The van der Waals surface area contributed by atoms with Crippen LogP contribution in [0.15, 0.2) is 12.7 Å². The van der Waals surface area contributed by atoms with Crippen molar-refractivity contribution in [3.63, 3.8) is 0 Å². The second kappa shape index (κ2) is 19.3. The Labute approximate surface area is 191 Å². The molecule has 3 heteroatoms. The van der Waals surface area contributed by atoms with Crippen LogP contribution in [0.25, 0.3) is 0 Å². The third kappa shape index (κ3) is 20.9. The first-order valence-corrected chi connectivity index (χ1v) is 13.2. The Morgan fingerprint density at radius 2 is 0.933 bits per heavy atom. The van der Waals surface area contributed by atoms with Gasteiger partial charge in [-0.15, -0.1) is 6.58 Å². The number of hydrogen-bond donors (Lipinski definition) is 0. The van der Waals surface area contributed by atoms with E-state index in [4.69, 9.17) is 4.74 Å². The lowest BCUT2D eigenvalue weighted by Crippen LogP contribution is -2.43. The number of quaternary nitrogens is 2. The van der Waals surface area contributed by atoms with Crippen molar-refractivity contribution >= 4 is 0 Å². The van der Waals surface area contributed by atoms with Crippen molar-refractivity contribution in [2.24, 2.45) is 0 Å². The average Bonchev–Trinajstić information content (AvgIpc) is 2.69. The number of rotatable bonds is 23. The minimum absolute atomic E-state index is 0.674. The van der Waals surface area contributed by atoms with Crippen LogP contribution < -0.4 is 0 Å². The Hall–Kier alpha value is -0.380. The van der Waals surface area contributed by atoms with Crippen LogP contribution in [0.2, 0.25) is 0 Å². The van der Waals surface area contributed by atoms with Crippen molar-refractivity contribution in [3.05, 3.63) is 12.7 Å². The minimum Gasteiger partial charge on any atom is -0.372 e. The predicted molar refractivity (Wildman–Crippen MR) is 135 cm³/mol. The van der Waals surface area contributed by atoms with E-state index < -0.39 is 0 Å². The van der Waals surface area contributed by atoms with Crippen LogP contribution >= 0.6 is 0 Å². The largest absolute Gasteiger partial charge is 0.372 e. The molecule has 3 nitrogen and oxygen atoms in total. The summed E-state index contributed by atoms with van der Waals surface area (Å²) in [7, 11) is 9.50. The van der Waals surface area contributed by atoms with Gasteiger partial charge in [-0.3, -0.25) is 0 Å². The highest BCUT2D eigenvalue weighted by Crippen LogP contribution is 2.13. The maximum atomic E-state index is 5.54. The Morgan fingerprint density at radius 1 is 0.567 bits per heavy atom. The number of nitrogens with zero attached hydrogens (tertiary/aromatic N) is 2. The highest BCUT2D eigenvalue weighted by Gasteiger charge is 2.15. The average molecular weight is 427 g/mol. The molecule has 0 aromatic heterocycles. The first-order valence-electron chi connectivity index (χ1n) is 13.2. The fourth-order valence-electron chi connectivity index (χ4n) is 4.16. The zero-order valence-electron chi connectivity index (χ0n) is 21.7. The standard InChI is InChI=1S/C27H58N2O/c1-7-9-10-11-12-13-14-15-16-19-22-28(3,4)23-20-17-18-21-24-29(5,6)25-27-30-26-8-2/h8H,2,7,9-27H2,1,3-6H3/q+2. The summed E-state index contributed by atoms with van der Waals surface area (Å²) in [6, 6.07) is 0. The Morgan fingerprint density at radius 3 is 1.33 bits per heavy atom. The first-order chi connectivity index (χ1) is 14.3. The summed E-state index contributed by atoms with van der Waals surface area (Å²) in [5.41, 5.74) is 0. The minimum atomic E-state index is 0.674. The van der Waals surface area contributed by atoms with Gasteiger partial charge in [0.2, 0.25) is 0 Å². The molecule has 0 bridgehead atoms. The molecule has 0 N–H and O–H groups in total. The smallest absolute Gasteiger partial charge is 0.102 e. The van der Waals surface area contributed by atoms with Gasteiger partial charge in [0.05, 0.1) is 61.0 Å². The molecular formula is C27H58N2O+2. The molecule has 0 aliphatic heterocycles. The molecule has 0 aromatic rings. The summed E-state index contributed by atoms with van der Waals surface area (Å²) >= 11 is 0. The maximum absolute atomic E-state index is 5.54. The summed E-state index contributed by atoms with van der Waals surface area (Å²) < 4.78 is 7.82.